The third-order valence-electron chi connectivity index (χ3n) is 4.81. The van der Waals surface area contributed by atoms with Gasteiger partial charge in [0.2, 0.25) is 5.82 Å². The van der Waals surface area contributed by atoms with E-state index in [1.54, 1.807) is 4.90 Å². The number of aryl methyl sites for hydroxylation is 1. The number of halogens is 2. The normalized spacial score (nSPS) is 16.1. The molecule has 0 bridgehead atoms. The molecule has 3 rings (SSSR count). The Hall–Kier alpha value is -2.71. The van der Waals surface area contributed by atoms with E-state index in [0.29, 0.717) is 19.6 Å². The highest BCUT2D eigenvalue weighted by Gasteiger charge is 2.28. The SMILES string of the molecule is CCc1ccc(C2CNCCN2C(=O)COc2ccc([N+](=O)[O-])c(F)c2)cc1.Cl. The summed E-state index contributed by atoms with van der Waals surface area (Å²) in [5.41, 5.74) is 1.64. The van der Waals surface area contributed by atoms with E-state index in [1.807, 2.05) is 12.1 Å². The lowest BCUT2D eigenvalue weighted by Gasteiger charge is -2.36. The Bertz CT molecular complexity index is 863. The molecule has 29 heavy (non-hydrogen) atoms. The zero-order valence-electron chi connectivity index (χ0n) is 16.0. The second kappa shape index (κ2) is 10.2. The monoisotopic (exact) mass is 423 g/mol. The lowest BCUT2D eigenvalue weighted by Crippen LogP contribution is -2.50. The van der Waals surface area contributed by atoms with Gasteiger partial charge in [0.05, 0.1) is 11.0 Å². The van der Waals surface area contributed by atoms with Crippen LogP contribution in [-0.4, -0.2) is 42.0 Å². The summed E-state index contributed by atoms with van der Waals surface area (Å²) in [6.45, 7) is 3.69. The van der Waals surface area contributed by atoms with Crippen molar-refractivity contribution in [3.63, 3.8) is 0 Å². The highest BCUT2D eigenvalue weighted by Crippen LogP contribution is 2.25. The second-order valence-electron chi connectivity index (χ2n) is 6.56. The van der Waals surface area contributed by atoms with Crippen LogP contribution in [-0.2, 0) is 11.2 Å². The Labute approximate surface area is 174 Å². The van der Waals surface area contributed by atoms with E-state index >= 15 is 0 Å². The minimum atomic E-state index is -0.994. The number of ether oxygens (including phenoxy) is 1. The molecule has 9 heteroatoms. The van der Waals surface area contributed by atoms with Gasteiger partial charge >= 0.3 is 5.69 Å². The van der Waals surface area contributed by atoms with Crippen molar-refractivity contribution >= 4 is 24.0 Å². The molecular weight excluding hydrogens is 401 g/mol. The van der Waals surface area contributed by atoms with Gasteiger partial charge in [0.15, 0.2) is 6.61 Å². The van der Waals surface area contributed by atoms with Crippen LogP contribution in [0.15, 0.2) is 42.5 Å². The molecule has 0 radical (unpaired) electrons. The molecule has 0 aliphatic carbocycles. The first-order valence-corrected chi connectivity index (χ1v) is 9.15. The van der Waals surface area contributed by atoms with Gasteiger partial charge in [-0.3, -0.25) is 14.9 Å². The molecule has 7 nitrogen and oxygen atoms in total. The number of nitro benzene ring substituents is 1. The minimum Gasteiger partial charge on any atom is -0.484 e. The van der Waals surface area contributed by atoms with E-state index in [1.165, 1.54) is 11.6 Å². The van der Waals surface area contributed by atoms with Crippen LogP contribution >= 0.6 is 12.4 Å². The van der Waals surface area contributed by atoms with Crippen molar-refractivity contribution in [3.8, 4) is 5.75 Å². The van der Waals surface area contributed by atoms with Gasteiger partial charge in [-0.2, -0.15) is 4.39 Å². The Kier molecular flexibility index (Phi) is 7.92. The van der Waals surface area contributed by atoms with Gasteiger partial charge in [0.1, 0.15) is 5.75 Å². The summed E-state index contributed by atoms with van der Waals surface area (Å²) >= 11 is 0. The van der Waals surface area contributed by atoms with Gasteiger partial charge in [-0.1, -0.05) is 31.2 Å². The summed E-state index contributed by atoms with van der Waals surface area (Å²) < 4.78 is 19.1. The van der Waals surface area contributed by atoms with Crippen LogP contribution in [0, 0.1) is 15.9 Å². The minimum absolute atomic E-state index is 0. The third-order valence-corrected chi connectivity index (χ3v) is 4.81. The number of hydrogen-bond acceptors (Lipinski definition) is 5. The molecule has 2 aromatic carbocycles. The molecule has 1 aliphatic rings. The van der Waals surface area contributed by atoms with Gasteiger partial charge < -0.3 is 15.0 Å². The summed E-state index contributed by atoms with van der Waals surface area (Å²) in [6, 6.07) is 11.3. The van der Waals surface area contributed by atoms with Crippen molar-refractivity contribution in [3.05, 3.63) is 69.5 Å². The molecule has 1 aliphatic heterocycles. The maximum absolute atomic E-state index is 13.7. The first-order valence-electron chi connectivity index (χ1n) is 9.15. The van der Waals surface area contributed by atoms with E-state index < -0.39 is 16.4 Å². The van der Waals surface area contributed by atoms with Crippen LogP contribution in [0.5, 0.6) is 5.75 Å². The van der Waals surface area contributed by atoms with Gasteiger partial charge in [0.25, 0.3) is 5.91 Å². The first-order chi connectivity index (χ1) is 13.5. The van der Waals surface area contributed by atoms with Crippen molar-refractivity contribution in [2.24, 2.45) is 0 Å². The number of nitro groups is 1. The number of hydrogen-bond donors (Lipinski definition) is 1. The van der Waals surface area contributed by atoms with Gasteiger partial charge in [0, 0.05) is 31.8 Å². The number of carbonyl (C=O) groups excluding carboxylic acids is 1. The molecule has 0 spiro atoms. The summed E-state index contributed by atoms with van der Waals surface area (Å²) in [4.78, 5) is 24.3. The van der Waals surface area contributed by atoms with Gasteiger partial charge in [-0.25, -0.2) is 0 Å². The molecule has 1 N–H and O–H groups in total. The van der Waals surface area contributed by atoms with E-state index in [4.69, 9.17) is 4.74 Å². The third kappa shape index (κ3) is 5.42. The second-order valence-corrected chi connectivity index (χ2v) is 6.56. The fourth-order valence-electron chi connectivity index (χ4n) is 3.23. The molecule has 0 aromatic heterocycles. The molecule has 1 fully saturated rings. The standard InChI is InChI=1S/C20H22FN3O4.ClH/c1-2-14-3-5-15(6-4-14)19-12-22-9-10-23(19)20(25)13-28-16-7-8-18(24(26)27)17(21)11-16;/h3-8,11,19,22H,2,9-10,12-13H2,1H3;1H. The highest BCUT2D eigenvalue weighted by atomic mass is 35.5. The quantitative estimate of drug-likeness (QED) is 0.569. The fraction of sp³-hybridized carbons (Fsp3) is 0.350. The average Bonchev–Trinajstić information content (AvgIpc) is 2.72. The number of amides is 1. The summed E-state index contributed by atoms with van der Waals surface area (Å²) in [5, 5.41) is 14.0. The zero-order valence-corrected chi connectivity index (χ0v) is 16.8. The van der Waals surface area contributed by atoms with Crippen LogP contribution in [0.2, 0.25) is 0 Å². The van der Waals surface area contributed by atoms with E-state index in [-0.39, 0.29) is 36.7 Å². The number of piperazine rings is 1. The highest BCUT2D eigenvalue weighted by molar-refractivity contribution is 5.85. The Morgan fingerprint density at radius 1 is 1.31 bits per heavy atom. The topological polar surface area (TPSA) is 84.7 Å². The number of rotatable bonds is 6. The van der Waals surface area contributed by atoms with E-state index in [0.717, 1.165) is 24.1 Å². The van der Waals surface area contributed by atoms with Crippen LogP contribution in [0.25, 0.3) is 0 Å². The smallest absolute Gasteiger partial charge is 0.305 e. The van der Waals surface area contributed by atoms with Gasteiger partial charge in [-0.05, 0) is 23.6 Å². The predicted octanol–water partition coefficient (Wildman–Crippen LogP) is 3.27. The van der Waals surface area contributed by atoms with Crippen molar-refractivity contribution in [2.75, 3.05) is 26.2 Å². The van der Waals surface area contributed by atoms with Crippen molar-refractivity contribution in [1.29, 1.82) is 0 Å². The molecule has 1 unspecified atom stereocenters. The number of nitrogens with zero attached hydrogens (tertiary/aromatic N) is 2. The first kappa shape index (κ1) is 22.6. The Balaban J connectivity index is 0.00000300. The van der Waals surface area contributed by atoms with E-state index in [9.17, 15) is 19.3 Å². The van der Waals surface area contributed by atoms with Crippen LogP contribution < -0.4 is 10.1 Å². The zero-order chi connectivity index (χ0) is 20.1. The average molecular weight is 424 g/mol. The Morgan fingerprint density at radius 3 is 2.66 bits per heavy atom. The largest absolute Gasteiger partial charge is 0.484 e. The fourth-order valence-corrected chi connectivity index (χ4v) is 3.23. The lowest BCUT2D eigenvalue weighted by atomic mass is 10.0. The molecule has 1 amide bonds. The molecule has 2 aromatic rings. The summed E-state index contributed by atoms with van der Waals surface area (Å²) in [6.07, 6.45) is 0.950. The van der Waals surface area contributed by atoms with E-state index in [2.05, 4.69) is 24.4 Å². The summed E-state index contributed by atoms with van der Waals surface area (Å²) in [5.74, 6) is -1.13. The molecule has 1 saturated heterocycles. The molecule has 1 heterocycles. The van der Waals surface area contributed by atoms with Crippen LogP contribution in [0.1, 0.15) is 24.1 Å². The van der Waals surface area contributed by atoms with Crippen LogP contribution in [0.4, 0.5) is 10.1 Å². The van der Waals surface area contributed by atoms with Gasteiger partial charge in [-0.15, -0.1) is 12.4 Å². The molecule has 1 atom stereocenters. The summed E-state index contributed by atoms with van der Waals surface area (Å²) in [7, 11) is 0. The lowest BCUT2D eigenvalue weighted by molar-refractivity contribution is -0.387. The number of nitrogens with one attached hydrogen (secondary N) is 1. The maximum Gasteiger partial charge on any atom is 0.305 e. The number of carbonyl (C=O) groups is 1. The van der Waals surface area contributed by atoms with Crippen molar-refractivity contribution in [2.45, 2.75) is 19.4 Å². The maximum atomic E-state index is 13.7. The van der Waals surface area contributed by atoms with Crippen molar-refractivity contribution < 1.29 is 18.8 Å². The predicted molar refractivity (Wildman–Crippen MR) is 109 cm³/mol. The molecule has 156 valence electrons. The molecular formula is C20H23ClFN3O4. The number of benzene rings is 2. The van der Waals surface area contributed by atoms with Crippen LogP contribution in [0.3, 0.4) is 0 Å². The molecule has 0 saturated carbocycles. The van der Waals surface area contributed by atoms with Crippen molar-refractivity contribution in [1.82, 2.24) is 10.2 Å². The Morgan fingerprint density at radius 2 is 2.03 bits per heavy atom.